The van der Waals surface area contributed by atoms with Crippen molar-refractivity contribution in [3.8, 4) is 0 Å². The Bertz CT molecular complexity index is 532. The van der Waals surface area contributed by atoms with Gasteiger partial charge in [0.2, 0.25) is 0 Å². The van der Waals surface area contributed by atoms with Crippen LogP contribution in [0.5, 0.6) is 0 Å². The van der Waals surface area contributed by atoms with Crippen molar-refractivity contribution in [2.75, 3.05) is 6.54 Å². The largest absolute Gasteiger partial charge is 0.458 e. The highest BCUT2D eigenvalue weighted by Gasteiger charge is 2.53. The van der Waals surface area contributed by atoms with Crippen LogP contribution in [-0.4, -0.2) is 23.0 Å². The van der Waals surface area contributed by atoms with Crippen molar-refractivity contribution in [1.29, 1.82) is 0 Å². The number of rotatable bonds is 1. The molecule has 2 heterocycles. The average Bonchev–Trinajstić information content (AvgIpc) is 2.72. The Morgan fingerprint density at radius 2 is 2.00 bits per heavy atom. The lowest BCUT2D eigenvalue weighted by atomic mass is 9.82. The standard InChI is InChI=1S/C17H23NO2/c1-16(2,3)20-15(19)17-10-6-7-11-18(17)12-13-8-4-5-9-14(13)17/h4-5,8-9H,6-7,10-12H2,1-3H3. The molecule has 1 saturated heterocycles. The van der Waals surface area contributed by atoms with Gasteiger partial charge in [-0.2, -0.15) is 0 Å². The summed E-state index contributed by atoms with van der Waals surface area (Å²) in [6.07, 6.45) is 3.13. The van der Waals surface area contributed by atoms with Gasteiger partial charge < -0.3 is 4.74 Å². The fourth-order valence-electron chi connectivity index (χ4n) is 3.52. The van der Waals surface area contributed by atoms with Gasteiger partial charge in [0, 0.05) is 6.54 Å². The van der Waals surface area contributed by atoms with Gasteiger partial charge in [-0.05, 0) is 57.7 Å². The average molecular weight is 273 g/mol. The summed E-state index contributed by atoms with van der Waals surface area (Å²) in [7, 11) is 0. The van der Waals surface area contributed by atoms with E-state index in [4.69, 9.17) is 4.74 Å². The topological polar surface area (TPSA) is 29.5 Å². The van der Waals surface area contributed by atoms with Gasteiger partial charge in [-0.15, -0.1) is 0 Å². The van der Waals surface area contributed by atoms with Crippen molar-refractivity contribution in [3.63, 3.8) is 0 Å². The van der Waals surface area contributed by atoms with Gasteiger partial charge in [0.1, 0.15) is 11.1 Å². The molecule has 0 radical (unpaired) electrons. The third-order valence-corrected chi connectivity index (χ3v) is 4.32. The van der Waals surface area contributed by atoms with Crippen molar-refractivity contribution < 1.29 is 9.53 Å². The number of hydrogen-bond donors (Lipinski definition) is 0. The molecule has 3 nitrogen and oxygen atoms in total. The molecule has 0 bridgehead atoms. The molecule has 1 fully saturated rings. The van der Waals surface area contributed by atoms with E-state index >= 15 is 0 Å². The quantitative estimate of drug-likeness (QED) is 0.736. The number of nitrogens with zero attached hydrogens (tertiary/aromatic N) is 1. The molecule has 2 aliphatic heterocycles. The summed E-state index contributed by atoms with van der Waals surface area (Å²) in [5.41, 5.74) is 1.46. The second-order valence-corrected chi connectivity index (χ2v) is 6.90. The van der Waals surface area contributed by atoms with Crippen LogP contribution in [0.4, 0.5) is 0 Å². The fraction of sp³-hybridized carbons (Fsp3) is 0.588. The predicted molar refractivity (Wildman–Crippen MR) is 78.2 cm³/mol. The molecule has 1 aromatic carbocycles. The van der Waals surface area contributed by atoms with Crippen LogP contribution >= 0.6 is 0 Å². The minimum atomic E-state index is -0.540. The Hall–Kier alpha value is -1.35. The van der Waals surface area contributed by atoms with Crippen LogP contribution in [0.15, 0.2) is 24.3 Å². The molecule has 0 aliphatic carbocycles. The number of benzene rings is 1. The Labute approximate surface area is 120 Å². The zero-order chi connectivity index (χ0) is 14.4. The number of carbonyl (C=O) groups is 1. The molecule has 0 N–H and O–H groups in total. The maximum absolute atomic E-state index is 12.9. The second kappa shape index (κ2) is 4.59. The molecule has 0 amide bonds. The molecule has 0 spiro atoms. The maximum Gasteiger partial charge on any atom is 0.331 e. The monoisotopic (exact) mass is 273 g/mol. The van der Waals surface area contributed by atoms with Gasteiger partial charge in [0.25, 0.3) is 0 Å². The number of fused-ring (bicyclic) bond motifs is 3. The normalized spacial score (nSPS) is 25.9. The molecular weight excluding hydrogens is 250 g/mol. The van der Waals surface area contributed by atoms with Gasteiger partial charge >= 0.3 is 5.97 Å². The van der Waals surface area contributed by atoms with Crippen LogP contribution in [0.2, 0.25) is 0 Å². The lowest BCUT2D eigenvalue weighted by Crippen LogP contribution is -2.52. The Morgan fingerprint density at radius 1 is 1.25 bits per heavy atom. The maximum atomic E-state index is 12.9. The third kappa shape index (κ3) is 2.05. The number of esters is 1. The van der Waals surface area contributed by atoms with Crippen LogP contribution in [0.25, 0.3) is 0 Å². The van der Waals surface area contributed by atoms with Gasteiger partial charge in [-0.1, -0.05) is 24.3 Å². The highest BCUT2D eigenvalue weighted by molar-refractivity contribution is 5.84. The zero-order valence-electron chi connectivity index (χ0n) is 12.6. The number of hydrogen-bond acceptors (Lipinski definition) is 3. The summed E-state index contributed by atoms with van der Waals surface area (Å²) in [5.74, 6) is -0.0744. The van der Waals surface area contributed by atoms with E-state index < -0.39 is 11.1 Å². The molecule has 1 aromatic rings. The van der Waals surface area contributed by atoms with Gasteiger partial charge in [0.15, 0.2) is 0 Å². The highest BCUT2D eigenvalue weighted by atomic mass is 16.6. The van der Waals surface area contributed by atoms with Crippen LogP contribution in [0, 0.1) is 0 Å². The first kappa shape index (κ1) is 13.6. The van der Waals surface area contributed by atoms with Crippen LogP contribution in [0.3, 0.4) is 0 Å². The van der Waals surface area contributed by atoms with E-state index in [1.807, 2.05) is 26.8 Å². The van der Waals surface area contributed by atoms with Crippen molar-refractivity contribution >= 4 is 5.97 Å². The molecular formula is C17H23NO2. The number of carbonyl (C=O) groups excluding carboxylic acids is 1. The summed E-state index contributed by atoms with van der Waals surface area (Å²) >= 11 is 0. The van der Waals surface area contributed by atoms with Crippen molar-refractivity contribution in [2.24, 2.45) is 0 Å². The predicted octanol–water partition coefficient (Wildman–Crippen LogP) is 3.22. The minimum absolute atomic E-state index is 0.0744. The SMILES string of the molecule is CC(C)(C)OC(=O)C12CCCCN1Cc1ccccc12. The summed E-state index contributed by atoms with van der Waals surface area (Å²) in [6, 6.07) is 8.33. The molecule has 0 aromatic heterocycles. The second-order valence-electron chi connectivity index (χ2n) is 6.90. The lowest BCUT2D eigenvalue weighted by Gasteiger charge is -2.42. The van der Waals surface area contributed by atoms with E-state index in [-0.39, 0.29) is 5.97 Å². The first-order valence-electron chi connectivity index (χ1n) is 7.50. The van der Waals surface area contributed by atoms with Crippen LogP contribution < -0.4 is 0 Å². The van der Waals surface area contributed by atoms with Gasteiger partial charge in [-0.3, -0.25) is 4.90 Å². The first-order chi connectivity index (χ1) is 9.43. The summed E-state index contributed by atoms with van der Waals surface area (Å²) in [4.78, 5) is 15.2. The molecule has 1 atom stereocenters. The summed E-state index contributed by atoms with van der Waals surface area (Å²) in [5, 5.41) is 0. The van der Waals surface area contributed by atoms with E-state index in [2.05, 4.69) is 23.1 Å². The molecule has 3 heteroatoms. The molecule has 1 unspecified atom stereocenters. The molecule has 2 aliphatic rings. The first-order valence-corrected chi connectivity index (χ1v) is 7.50. The Morgan fingerprint density at radius 3 is 2.75 bits per heavy atom. The van der Waals surface area contributed by atoms with E-state index in [0.29, 0.717) is 0 Å². The Kier molecular flexibility index (Phi) is 3.13. The molecule has 108 valence electrons. The van der Waals surface area contributed by atoms with Crippen LogP contribution in [-0.2, 0) is 21.6 Å². The van der Waals surface area contributed by atoms with Crippen molar-refractivity contribution in [3.05, 3.63) is 35.4 Å². The van der Waals surface area contributed by atoms with E-state index in [1.54, 1.807) is 0 Å². The molecule has 0 saturated carbocycles. The zero-order valence-corrected chi connectivity index (χ0v) is 12.6. The molecule has 20 heavy (non-hydrogen) atoms. The van der Waals surface area contributed by atoms with Gasteiger partial charge in [-0.25, -0.2) is 4.79 Å². The van der Waals surface area contributed by atoms with E-state index in [0.717, 1.165) is 31.5 Å². The number of ether oxygens (including phenoxy) is 1. The minimum Gasteiger partial charge on any atom is -0.458 e. The summed E-state index contributed by atoms with van der Waals surface area (Å²) in [6.45, 7) is 7.67. The van der Waals surface area contributed by atoms with E-state index in [1.165, 1.54) is 12.0 Å². The lowest BCUT2D eigenvalue weighted by molar-refractivity contribution is -0.173. The highest BCUT2D eigenvalue weighted by Crippen LogP contribution is 2.46. The van der Waals surface area contributed by atoms with Crippen molar-refractivity contribution in [1.82, 2.24) is 4.90 Å². The van der Waals surface area contributed by atoms with Crippen LogP contribution in [0.1, 0.15) is 51.2 Å². The Balaban J connectivity index is 2.04. The fourth-order valence-corrected chi connectivity index (χ4v) is 3.52. The smallest absolute Gasteiger partial charge is 0.331 e. The van der Waals surface area contributed by atoms with Crippen molar-refractivity contribution in [2.45, 2.75) is 57.7 Å². The summed E-state index contributed by atoms with van der Waals surface area (Å²) < 4.78 is 5.76. The molecule has 3 rings (SSSR count). The third-order valence-electron chi connectivity index (χ3n) is 4.32. The van der Waals surface area contributed by atoms with E-state index in [9.17, 15) is 4.79 Å². The van der Waals surface area contributed by atoms with Gasteiger partial charge in [0.05, 0.1) is 0 Å². The number of piperidine rings is 1.